The molecule has 0 radical (unpaired) electrons. The minimum atomic E-state index is -0.416. The van der Waals surface area contributed by atoms with Crippen LogP contribution in [-0.2, 0) is 27.5 Å². The third kappa shape index (κ3) is 6.66. The molecule has 23 heavy (non-hydrogen) atoms. The summed E-state index contributed by atoms with van der Waals surface area (Å²) >= 11 is 0. The van der Waals surface area contributed by atoms with Gasteiger partial charge in [-0.3, -0.25) is 9.59 Å². The minimum Gasteiger partial charge on any atom is -0.492 e. The fourth-order valence-electron chi connectivity index (χ4n) is 1.92. The first-order valence-corrected chi connectivity index (χ1v) is 7.28. The summed E-state index contributed by atoms with van der Waals surface area (Å²) in [5, 5.41) is 18.3. The highest BCUT2D eigenvalue weighted by Gasteiger charge is 2.11. The van der Waals surface area contributed by atoms with Gasteiger partial charge in [0.2, 0.25) is 5.91 Å². The molecule has 0 unspecified atom stereocenters. The summed E-state index contributed by atoms with van der Waals surface area (Å²) in [6.45, 7) is 0.338. The highest BCUT2D eigenvalue weighted by molar-refractivity contribution is 5.81. The highest BCUT2D eigenvalue weighted by Crippen LogP contribution is 2.17. The molecule has 0 fully saturated rings. The molecule has 0 aromatic heterocycles. The molecular weight excluding hydrogens is 302 g/mol. The van der Waals surface area contributed by atoms with Crippen molar-refractivity contribution in [1.82, 2.24) is 4.90 Å². The Kier molecular flexibility index (Phi) is 8.07. The van der Waals surface area contributed by atoms with Crippen molar-refractivity contribution in [2.75, 3.05) is 27.3 Å². The van der Waals surface area contributed by atoms with Crippen LogP contribution in [0.2, 0.25) is 0 Å². The second-order valence-corrected chi connectivity index (χ2v) is 5.04. The van der Waals surface area contributed by atoms with E-state index in [4.69, 9.17) is 14.9 Å². The Morgan fingerprint density at radius 2 is 1.70 bits per heavy atom. The molecule has 0 aliphatic carbocycles. The number of rotatable bonds is 9. The van der Waals surface area contributed by atoms with Crippen LogP contribution in [0.15, 0.2) is 18.2 Å². The molecule has 1 aromatic rings. The first-order chi connectivity index (χ1) is 11.0. The van der Waals surface area contributed by atoms with Crippen molar-refractivity contribution in [2.45, 2.75) is 26.1 Å². The maximum Gasteiger partial charge on any atom is 0.306 e. The summed E-state index contributed by atoms with van der Waals surface area (Å²) in [6.07, 6.45) is 0.150. The van der Waals surface area contributed by atoms with E-state index in [1.54, 1.807) is 25.2 Å². The number of methoxy groups -OCH3 is 1. The van der Waals surface area contributed by atoms with E-state index in [0.717, 1.165) is 0 Å². The predicted molar refractivity (Wildman–Crippen MR) is 82.7 cm³/mol. The molecule has 7 heteroatoms. The first kappa shape index (κ1) is 18.9. The lowest BCUT2D eigenvalue weighted by Crippen LogP contribution is -2.31. The summed E-state index contributed by atoms with van der Waals surface area (Å²) < 4.78 is 10.0. The topological polar surface area (TPSA) is 96.3 Å². The fraction of sp³-hybridized carbons (Fsp3) is 0.500. The van der Waals surface area contributed by atoms with E-state index in [-0.39, 0.29) is 38.6 Å². The molecule has 0 bridgehead atoms. The van der Waals surface area contributed by atoms with Crippen LogP contribution in [0.4, 0.5) is 0 Å². The second kappa shape index (κ2) is 9.81. The summed E-state index contributed by atoms with van der Waals surface area (Å²) in [5.41, 5.74) is 1.29. The van der Waals surface area contributed by atoms with Gasteiger partial charge in [0.25, 0.3) is 0 Å². The SMILES string of the molecule is COC(=O)CCC(=O)N(C)CCOc1cc(CO)cc(CO)c1. The molecule has 128 valence electrons. The number of amides is 1. The lowest BCUT2D eigenvalue weighted by Gasteiger charge is -2.17. The lowest BCUT2D eigenvalue weighted by atomic mass is 10.1. The van der Waals surface area contributed by atoms with Crippen LogP contribution < -0.4 is 4.74 Å². The van der Waals surface area contributed by atoms with Crippen molar-refractivity contribution in [2.24, 2.45) is 0 Å². The van der Waals surface area contributed by atoms with E-state index in [9.17, 15) is 9.59 Å². The van der Waals surface area contributed by atoms with Crippen LogP contribution in [-0.4, -0.2) is 54.3 Å². The van der Waals surface area contributed by atoms with Gasteiger partial charge in [0.05, 0.1) is 33.3 Å². The number of aliphatic hydroxyl groups excluding tert-OH is 2. The number of aliphatic hydroxyl groups is 2. The molecule has 1 amide bonds. The van der Waals surface area contributed by atoms with Gasteiger partial charge >= 0.3 is 5.97 Å². The standard InChI is InChI=1S/C16H23NO6/c1-17(15(20)3-4-16(21)22-2)5-6-23-14-8-12(10-18)7-13(9-14)11-19/h7-9,18-19H,3-6,10-11H2,1-2H3. The van der Waals surface area contributed by atoms with Crippen molar-refractivity contribution in [3.8, 4) is 5.75 Å². The Hall–Kier alpha value is -2.12. The Labute approximate surface area is 135 Å². The highest BCUT2D eigenvalue weighted by atomic mass is 16.5. The number of hydrogen-bond acceptors (Lipinski definition) is 6. The molecule has 0 atom stereocenters. The van der Waals surface area contributed by atoms with Gasteiger partial charge < -0.3 is 24.6 Å². The molecule has 0 aliphatic heterocycles. The van der Waals surface area contributed by atoms with Gasteiger partial charge in [-0.1, -0.05) is 6.07 Å². The monoisotopic (exact) mass is 325 g/mol. The number of carbonyl (C=O) groups excluding carboxylic acids is 2. The zero-order valence-corrected chi connectivity index (χ0v) is 13.4. The van der Waals surface area contributed by atoms with E-state index in [2.05, 4.69) is 4.74 Å². The van der Waals surface area contributed by atoms with Crippen molar-refractivity contribution >= 4 is 11.9 Å². The molecule has 0 heterocycles. The normalized spacial score (nSPS) is 10.3. The number of nitrogens with zero attached hydrogens (tertiary/aromatic N) is 1. The van der Waals surface area contributed by atoms with E-state index in [1.807, 2.05) is 0 Å². The number of likely N-dealkylation sites (N-methyl/N-ethyl adjacent to an activating group) is 1. The maximum atomic E-state index is 11.8. The zero-order valence-electron chi connectivity index (χ0n) is 13.4. The molecule has 7 nitrogen and oxygen atoms in total. The molecule has 1 rings (SSSR count). The average molecular weight is 325 g/mol. The average Bonchev–Trinajstić information content (AvgIpc) is 2.58. The van der Waals surface area contributed by atoms with Crippen molar-refractivity contribution in [3.63, 3.8) is 0 Å². The van der Waals surface area contributed by atoms with Gasteiger partial charge in [-0.25, -0.2) is 0 Å². The number of benzene rings is 1. The quantitative estimate of drug-likeness (QED) is 0.641. The summed E-state index contributed by atoms with van der Waals surface area (Å²) in [6, 6.07) is 5.05. The van der Waals surface area contributed by atoms with Crippen LogP contribution in [0.25, 0.3) is 0 Å². The van der Waals surface area contributed by atoms with E-state index >= 15 is 0 Å². The Bertz CT molecular complexity index is 509. The van der Waals surface area contributed by atoms with Gasteiger partial charge in [-0.2, -0.15) is 0 Å². The van der Waals surface area contributed by atoms with E-state index in [0.29, 0.717) is 23.4 Å². The summed E-state index contributed by atoms with van der Waals surface area (Å²) in [4.78, 5) is 24.3. The number of hydrogen-bond donors (Lipinski definition) is 2. The summed E-state index contributed by atoms with van der Waals surface area (Å²) in [5.74, 6) is -0.0597. The van der Waals surface area contributed by atoms with Crippen LogP contribution in [0.3, 0.4) is 0 Å². The molecule has 0 aliphatic rings. The largest absolute Gasteiger partial charge is 0.492 e. The van der Waals surface area contributed by atoms with Crippen LogP contribution in [0.5, 0.6) is 5.75 Å². The van der Waals surface area contributed by atoms with Crippen LogP contribution in [0, 0.1) is 0 Å². The smallest absolute Gasteiger partial charge is 0.306 e. The maximum absolute atomic E-state index is 11.8. The Balaban J connectivity index is 2.43. The second-order valence-electron chi connectivity index (χ2n) is 5.04. The van der Waals surface area contributed by atoms with Crippen molar-refractivity contribution < 1.29 is 29.3 Å². The third-order valence-corrected chi connectivity index (χ3v) is 3.28. The van der Waals surface area contributed by atoms with Crippen molar-refractivity contribution in [3.05, 3.63) is 29.3 Å². The minimum absolute atomic E-state index is 0.0545. The third-order valence-electron chi connectivity index (χ3n) is 3.28. The molecule has 0 saturated heterocycles. The first-order valence-electron chi connectivity index (χ1n) is 7.28. The van der Waals surface area contributed by atoms with Crippen LogP contribution >= 0.6 is 0 Å². The predicted octanol–water partition coefficient (Wildman–Crippen LogP) is 0.462. The van der Waals surface area contributed by atoms with Gasteiger partial charge in [0.15, 0.2) is 0 Å². The molecule has 0 saturated carbocycles. The Morgan fingerprint density at radius 3 is 2.22 bits per heavy atom. The number of carbonyl (C=O) groups is 2. The molecule has 1 aromatic carbocycles. The summed E-state index contributed by atoms with van der Waals surface area (Å²) in [7, 11) is 2.91. The van der Waals surface area contributed by atoms with E-state index < -0.39 is 5.97 Å². The van der Waals surface area contributed by atoms with Crippen LogP contribution in [0.1, 0.15) is 24.0 Å². The molecule has 2 N–H and O–H groups in total. The van der Waals surface area contributed by atoms with E-state index in [1.165, 1.54) is 12.0 Å². The van der Waals surface area contributed by atoms with Crippen molar-refractivity contribution in [1.29, 1.82) is 0 Å². The fourth-order valence-corrected chi connectivity index (χ4v) is 1.92. The lowest BCUT2D eigenvalue weighted by molar-refractivity contribution is -0.143. The van der Waals surface area contributed by atoms with Gasteiger partial charge in [-0.15, -0.1) is 0 Å². The van der Waals surface area contributed by atoms with Gasteiger partial charge in [0.1, 0.15) is 12.4 Å². The number of esters is 1. The molecule has 0 spiro atoms. The molecular formula is C16H23NO6. The van der Waals surface area contributed by atoms with Gasteiger partial charge in [0, 0.05) is 13.5 Å². The zero-order chi connectivity index (χ0) is 17.2. The van der Waals surface area contributed by atoms with Gasteiger partial charge in [-0.05, 0) is 23.3 Å². The Morgan fingerprint density at radius 1 is 1.09 bits per heavy atom. The number of ether oxygens (including phenoxy) is 2.